The van der Waals surface area contributed by atoms with Gasteiger partial charge in [-0.3, -0.25) is 14.4 Å². The highest BCUT2D eigenvalue weighted by molar-refractivity contribution is 5.96. The van der Waals surface area contributed by atoms with Gasteiger partial charge in [-0.25, -0.2) is 4.39 Å². The number of benzene rings is 2. The number of rotatable bonds is 4. The Labute approximate surface area is 216 Å². The molecule has 0 radical (unpaired) electrons. The monoisotopic (exact) mass is 505 g/mol. The highest BCUT2D eigenvalue weighted by Gasteiger charge is 2.34. The maximum atomic E-state index is 13.9. The van der Waals surface area contributed by atoms with Gasteiger partial charge in [0.2, 0.25) is 11.8 Å². The van der Waals surface area contributed by atoms with E-state index in [4.69, 9.17) is 4.74 Å². The number of carbonyl (C=O) groups excluding carboxylic acids is 3. The summed E-state index contributed by atoms with van der Waals surface area (Å²) in [7, 11) is 0. The van der Waals surface area contributed by atoms with Crippen LogP contribution in [0, 0.1) is 17.7 Å². The molecule has 1 saturated heterocycles. The molecule has 2 heterocycles. The van der Waals surface area contributed by atoms with Gasteiger partial charge in [0.05, 0.1) is 6.54 Å². The third-order valence-corrected chi connectivity index (χ3v) is 7.29. The predicted octanol–water partition coefficient (Wildman–Crippen LogP) is 3.55. The Hall–Kier alpha value is -3.68. The summed E-state index contributed by atoms with van der Waals surface area (Å²) in [6, 6.07) is 13.3. The van der Waals surface area contributed by atoms with Crippen LogP contribution in [-0.2, 0) is 16.1 Å². The summed E-state index contributed by atoms with van der Waals surface area (Å²) >= 11 is 0. The first-order chi connectivity index (χ1) is 18.0. The van der Waals surface area contributed by atoms with Crippen LogP contribution in [-0.4, -0.2) is 59.8 Å². The largest absolute Gasteiger partial charge is 0.489 e. The topological polar surface area (TPSA) is 79.0 Å². The van der Waals surface area contributed by atoms with Crippen molar-refractivity contribution in [1.29, 1.82) is 0 Å². The van der Waals surface area contributed by atoms with Crippen molar-refractivity contribution in [2.24, 2.45) is 11.8 Å². The smallest absolute Gasteiger partial charge is 0.254 e. The van der Waals surface area contributed by atoms with Gasteiger partial charge in [-0.2, -0.15) is 0 Å². The zero-order chi connectivity index (χ0) is 25.8. The quantitative estimate of drug-likeness (QED) is 0.645. The van der Waals surface area contributed by atoms with Crippen LogP contribution in [0.15, 0.2) is 60.7 Å². The molecule has 1 aliphatic carbocycles. The number of halogens is 1. The maximum absolute atomic E-state index is 13.9. The molecule has 2 aromatic carbocycles. The van der Waals surface area contributed by atoms with Crippen LogP contribution in [0.4, 0.5) is 4.39 Å². The normalized spacial score (nSPS) is 23.0. The molecule has 7 nitrogen and oxygen atoms in total. The van der Waals surface area contributed by atoms with Crippen molar-refractivity contribution in [3.05, 3.63) is 77.6 Å². The molecule has 8 heteroatoms. The number of nitrogens with zero attached hydrogens (tertiary/aromatic N) is 2. The van der Waals surface area contributed by atoms with E-state index < -0.39 is 11.7 Å². The first kappa shape index (κ1) is 25.0. The van der Waals surface area contributed by atoms with Crippen LogP contribution >= 0.6 is 0 Å². The minimum Gasteiger partial charge on any atom is -0.489 e. The number of para-hydroxylation sites is 1. The summed E-state index contributed by atoms with van der Waals surface area (Å²) < 4.78 is 19.9. The number of carbonyl (C=O) groups is 3. The van der Waals surface area contributed by atoms with Gasteiger partial charge in [-0.05, 0) is 55.4 Å². The molecule has 2 aromatic rings. The van der Waals surface area contributed by atoms with Gasteiger partial charge in [0.25, 0.3) is 5.91 Å². The van der Waals surface area contributed by atoms with Gasteiger partial charge < -0.3 is 19.9 Å². The lowest BCUT2D eigenvalue weighted by molar-refractivity contribution is -0.134. The number of amides is 3. The minimum absolute atomic E-state index is 0.00891. The number of piperidine rings is 1. The average Bonchev–Trinajstić information content (AvgIpc) is 3.70. The second-order valence-electron chi connectivity index (χ2n) is 10.1. The molecule has 2 fully saturated rings. The summed E-state index contributed by atoms with van der Waals surface area (Å²) in [6.45, 7) is 1.36. The van der Waals surface area contributed by atoms with Gasteiger partial charge in [-0.1, -0.05) is 36.4 Å². The fourth-order valence-electron chi connectivity index (χ4n) is 5.10. The molecule has 2 bridgehead atoms. The van der Waals surface area contributed by atoms with E-state index in [1.54, 1.807) is 11.0 Å². The number of ether oxygens (including phenoxy) is 1. The van der Waals surface area contributed by atoms with Gasteiger partial charge >= 0.3 is 0 Å². The zero-order valence-electron chi connectivity index (χ0n) is 20.8. The Bertz CT molecular complexity index is 1200. The Morgan fingerprint density at radius 2 is 1.89 bits per heavy atom. The average molecular weight is 506 g/mol. The Morgan fingerprint density at radius 3 is 2.70 bits per heavy atom. The second-order valence-corrected chi connectivity index (χ2v) is 10.1. The van der Waals surface area contributed by atoms with Crippen molar-refractivity contribution >= 4 is 17.7 Å². The van der Waals surface area contributed by atoms with Crippen molar-refractivity contribution in [3.63, 3.8) is 0 Å². The fourth-order valence-corrected chi connectivity index (χ4v) is 5.10. The molecule has 2 atom stereocenters. The fraction of sp³-hybridized carbons (Fsp3) is 0.414. The van der Waals surface area contributed by atoms with E-state index in [1.165, 1.54) is 23.1 Å². The lowest BCUT2D eigenvalue weighted by Crippen LogP contribution is -2.48. The van der Waals surface area contributed by atoms with Crippen LogP contribution in [0.3, 0.4) is 0 Å². The van der Waals surface area contributed by atoms with Gasteiger partial charge in [0.1, 0.15) is 24.7 Å². The number of nitrogens with one attached hydrogen (secondary N) is 1. The Morgan fingerprint density at radius 1 is 1.05 bits per heavy atom. The van der Waals surface area contributed by atoms with Crippen LogP contribution in [0.2, 0.25) is 0 Å². The Balaban J connectivity index is 1.39. The van der Waals surface area contributed by atoms with E-state index in [0.717, 1.165) is 18.4 Å². The molecular weight excluding hydrogens is 473 g/mol. The van der Waals surface area contributed by atoms with Crippen LogP contribution in [0.25, 0.3) is 0 Å². The second kappa shape index (κ2) is 11.2. The molecule has 0 spiro atoms. The number of hydrogen-bond donors (Lipinski definition) is 1. The Kier molecular flexibility index (Phi) is 7.53. The van der Waals surface area contributed by atoms with Crippen LogP contribution in [0.5, 0.6) is 5.75 Å². The summed E-state index contributed by atoms with van der Waals surface area (Å²) in [4.78, 5) is 42.6. The van der Waals surface area contributed by atoms with Gasteiger partial charge in [0.15, 0.2) is 0 Å². The SMILES string of the molecule is O=C(C[C@@H]1CCN2C[C@@H]1/C=C\COc1ccccc1CN(C(=O)c1cccc(F)c1)CC2=O)NC1CC1. The highest BCUT2D eigenvalue weighted by atomic mass is 19.1. The number of fused-ring (bicyclic) bond motifs is 3. The molecule has 1 saturated carbocycles. The van der Waals surface area contributed by atoms with Crippen molar-refractivity contribution in [1.82, 2.24) is 15.1 Å². The molecule has 2 aliphatic heterocycles. The molecule has 0 unspecified atom stereocenters. The summed E-state index contributed by atoms with van der Waals surface area (Å²) in [5, 5.41) is 3.07. The van der Waals surface area contributed by atoms with E-state index in [-0.39, 0.29) is 42.3 Å². The van der Waals surface area contributed by atoms with Crippen LogP contribution < -0.4 is 10.1 Å². The van der Waals surface area contributed by atoms with Crippen molar-refractivity contribution in [3.8, 4) is 5.75 Å². The summed E-state index contributed by atoms with van der Waals surface area (Å²) in [6.07, 6.45) is 7.25. The molecule has 5 rings (SSSR count). The van der Waals surface area contributed by atoms with Crippen molar-refractivity contribution in [2.45, 2.75) is 38.3 Å². The molecule has 194 valence electrons. The maximum Gasteiger partial charge on any atom is 0.254 e. The van der Waals surface area contributed by atoms with E-state index in [0.29, 0.717) is 44.3 Å². The molecular formula is C29H32FN3O4. The van der Waals surface area contributed by atoms with Crippen LogP contribution in [0.1, 0.15) is 41.6 Å². The predicted molar refractivity (Wildman–Crippen MR) is 136 cm³/mol. The number of hydrogen-bond acceptors (Lipinski definition) is 4. The minimum atomic E-state index is -0.506. The first-order valence-corrected chi connectivity index (χ1v) is 13.0. The van der Waals surface area contributed by atoms with E-state index >= 15 is 0 Å². The van der Waals surface area contributed by atoms with E-state index in [2.05, 4.69) is 11.4 Å². The molecule has 37 heavy (non-hydrogen) atoms. The molecule has 1 N–H and O–H groups in total. The van der Waals surface area contributed by atoms with Gasteiger partial charge in [0, 0.05) is 36.7 Å². The van der Waals surface area contributed by atoms with E-state index in [9.17, 15) is 18.8 Å². The van der Waals surface area contributed by atoms with E-state index in [1.807, 2.05) is 30.3 Å². The third kappa shape index (κ3) is 6.37. The van der Waals surface area contributed by atoms with Gasteiger partial charge in [-0.15, -0.1) is 0 Å². The van der Waals surface area contributed by atoms with Crippen molar-refractivity contribution in [2.75, 3.05) is 26.2 Å². The first-order valence-electron chi connectivity index (χ1n) is 13.0. The lowest BCUT2D eigenvalue weighted by atomic mass is 9.82. The highest BCUT2D eigenvalue weighted by Crippen LogP contribution is 2.30. The molecule has 3 amide bonds. The standard InChI is InChI=1S/C29H32FN3O4/c30-24-8-3-6-21(15-24)29(36)33-18-23-5-1-2-9-26(23)37-14-4-7-22-17-32(28(35)19-33)13-12-20(22)16-27(34)31-25-10-11-25/h1-9,15,20,22,25H,10-14,16-19H2,(H,31,34)/b7-4-/t20-,22-/m0/s1. The molecule has 3 aliphatic rings. The molecule has 0 aromatic heterocycles. The summed E-state index contributed by atoms with van der Waals surface area (Å²) in [5.74, 6) is -0.259. The summed E-state index contributed by atoms with van der Waals surface area (Å²) in [5.41, 5.74) is 0.954. The third-order valence-electron chi connectivity index (χ3n) is 7.29. The zero-order valence-corrected chi connectivity index (χ0v) is 20.8. The lowest BCUT2D eigenvalue weighted by Gasteiger charge is -2.38. The van der Waals surface area contributed by atoms with Crippen molar-refractivity contribution < 1.29 is 23.5 Å².